The van der Waals surface area contributed by atoms with E-state index in [1.54, 1.807) is 12.1 Å². The van der Waals surface area contributed by atoms with Gasteiger partial charge in [0.05, 0.1) is 12.2 Å². The number of unbranched alkanes of at least 4 members (excludes halogenated alkanes) is 2. The first-order chi connectivity index (χ1) is 15.0. The Labute approximate surface area is 181 Å². The molecular formula is C25H29F3O3. The number of ether oxygens (including phenoxy) is 2. The zero-order chi connectivity index (χ0) is 22.2. The van der Waals surface area contributed by atoms with Crippen molar-refractivity contribution in [2.75, 3.05) is 6.61 Å². The number of rotatable bonds is 9. The van der Waals surface area contributed by atoms with E-state index in [0.717, 1.165) is 5.92 Å². The quantitative estimate of drug-likeness (QED) is 0.183. The molecular weight excluding hydrogens is 405 g/mol. The van der Waals surface area contributed by atoms with Crippen molar-refractivity contribution in [3.8, 4) is 11.5 Å². The molecule has 0 saturated heterocycles. The predicted octanol–water partition coefficient (Wildman–Crippen LogP) is 7.09. The summed E-state index contributed by atoms with van der Waals surface area (Å²) in [6.07, 6.45) is 10.2. The van der Waals surface area contributed by atoms with Crippen LogP contribution in [0.1, 0.15) is 68.6 Å². The summed E-state index contributed by atoms with van der Waals surface area (Å²) in [5.74, 6) is -3.56. The normalized spacial score (nSPS) is 18.6. The van der Waals surface area contributed by atoms with Crippen LogP contribution in [0, 0.1) is 29.3 Å². The fourth-order valence-electron chi connectivity index (χ4n) is 4.03. The van der Waals surface area contributed by atoms with E-state index in [9.17, 15) is 18.0 Å². The lowest BCUT2D eigenvalue weighted by molar-refractivity contribution is 0.0733. The monoisotopic (exact) mass is 434 g/mol. The SMILES string of the molecule is CCCCCC1CCC(COc2ccc(C(=O)Oc3cc(F)c(F)c(F)c3)cc2)CC1. The first-order valence-corrected chi connectivity index (χ1v) is 11.1. The van der Waals surface area contributed by atoms with Gasteiger partial charge in [0.1, 0.15) is 11.5 Å². The minimum absolute atomic E-state index is 0.199. The van der Waals surface area contributed by atoms with Crippen molar-refractivity contribution in [3.63, 3.8) is 0 Å². The fourth-order valence-corrected chi connectivity index (χ4v) is 4.03. The lowest BCUT2D eigenvalue weighted by Gasteiger charge is -2.28. The molecule has 0 amide bonds. The smallest absolute Gasteiger partial charge is 0.343 e. The Bertz CT molecular complexity index is 836. The van der Waals surface area contributed by atoms with Crippen LogP contribution in [-0.4, -0.2) is 12.6 Å². The average molecular weight is 434 g/mol. The molecule has 2 aromatic rings. The third-order valence-corrected chi connectivity index (χ3v) is 5.93. The van der Waals surface area contributed by atoms with Gasteiger partial charge in [-0.3, -0.25) is 0 Å². The van der Waals surface area contributed by atoms with Crippen LogP contribution in [0.3, 0.4) is 0 Å². The summed E-state index contributed by atoms with van der Waals surface area (Å²) in [5.41, 5.74) is 0.199. The summed E-state index contributed by atoms with van der Waals surface area (Å²) in [5, 5.41) is 0. The molecule has 0 bridgehead atoms. The van der Waals surface area contributed by atoms with E-state index >= 15 is 0 Å². The molecule has 0 unspecified atom stereocenters. The zero-order valence-corrected chi connectivity index (χ0v) is 17.8. The molecule has 0 spiro atoms. The summed E-state index contributed by atoms with van der Waals surface area (Å²) in [6.45, 7) is 2.89. The minimum atomic E-state index is -1.61. The molecule has 1 fully saturated rings. The average Bonchev–Trinajstić information content (AvgIpc) is 2.77. The van der Waals surface area contributed by atoms with Gasteiger partial charge in [0.25, 0.3) is 0 Å². The lowest BCUT2D eigenvalue weighted by atomic mass is 9.80. The van der Waals surface area contributed by atoms with Gasteiger partial charge in [0.15, 0.2) is 17.5 Å². The predicted molar refractivity (Wildman–Crippen MR) is 113 cm³/mol. The molecule has 1 saturated carbocycles. The van der Waals surface area contributed by atoms with Gasteiger partial charge in [-0.15, -0.1) is 0 Å². The van der Waals surface area contributed by atoms with Crippen LogP contribution in [0.15, 0.2) is 36.4 Å². The first-order valence-electron chi connectivity index (χ1n) is 11.1. The van der Waals surface area contributed by atoms with Gasteiger partial charge in [-0.05, 0) is 48.9 Å². The largest absolute Gasteiger partial charge is 0.493 e. The van der Waals surface area contributed by atoms with Crippen molar-refractivity contribution >= 4 is 5.97 Å². The van der Waals surface area contributed by atoms with Crippen LogP contribution >= 0.6 is 0 Å². The van der Waals surface area contributed by atoms with Crippen LogP contribution in [0.25, 0.3) is 0 Å². The van der Waals surface area contributed by atoms with E-state index in [0.29, 0.717) is 30.4 Å². The second kappa shape index (κ2) is 11.2. The van der Waals surface area contributed by atoms with Crippen LogP contribution in [0.2, 0.25) is 0 Å². The molecule has 0 atom stereocenters. The molecule has 0 heterocycles. The number of hydrogen-bond donors (Lipinski definition) is 0. The summed E-state index contributed by atoms with van der Waals surface area (Å²) in [4.78, 5) is 12.2. The van der Waals surface area contributed by atoms with Crippen molar-refractivity contribution in [2.45, 2.75) is 58.3 Å². The van der Waals surface area contributed by atoms with Gasteiger partial charge >= 0.3 is 5.97 Å². The van der Waals surface area contributed by atoms with Crippen LogP contribution in [0.5, 0.6) is 11.5 Å². The summed E-state index contributed by atoms with van der Waals surface area (Å²) >= 11 is 0. The number of halogens is 3. The molecule has 2 aromatic carbocycles. The van der Waals surface area contributed by atoms with Gasteiger partial charge in [-0.2, -0.15) is 0 Å². The van der Waals surface area contributed by atoms with E-state index in [2.05, 4.69) is 6.92 Å². The molecule has 3 nitrogen and oxygen atoms in total. The standard InChI is InChI=1S/C25H29F3O3/c1-2-3-4-5-17-6-8-18(9-7-17)16-30-20-12-10-19(11-13-20)25(29)31-21-14-22(26)24(28)23(27)15-21/h10-15,17-18H,2-9,16H2,1H3. The van der Waals surface area contributed by atoms with Crippen molar-refractivity contribution in [1.29, 1.82) is 0 Å². The van der Waals surface area contributed by atoms with Crippen molar-refractivity contribution in [3.05, 3.63) is 59.4 Å². The maximum atomic E-state index is 13.3. The number of carbonyl (C=O) groups is 1. The fraction of sp³-hybridized carbons (Fsp3) is 0.480. The molecule has 0 aromatic heterocycles. The lowest BCUT2D eigenvalue weighted by Crippen LogP contribution is -2.20. The molecule has 31 heavy (non-hydrogen) atoms. The van der Waals surface area contributed by atoms with Gasteiger partial charge in [0, 0.05) is 12.1 Å². The van der Waals surface area contributed by atoms with E-state index in [-0.39, 0.29) is 5.56 Å². The number of hydrogen-bond acceptors (Lipinski definition) is 3. The molecule has 1 aliphatic carbocycles. The third kappa shape index (κ3) is 6.74. The van der Waals surface area contributed by atoms with Gasteiger partial charge < -0.3 is 9.47 Å². The highest BCUT2D eigenvalue weighted by Gasteiger charge is 2.21. The Kier molecular flexibility index (Phi) is 8.38. The third-order valence-electron chi connectivity index (χ3n) is 5.93. The highest BCUT2D eigenvalue weighted by molar-refractivity contribution is 5.91. The van der Waals surface area contributed by atoms with Gasteiger partial charge in [0.2, 0.25) is 0 Å². The molecule has 0 radical (unpaired) electrons. The Hall–Kier alpha value is -2.50. The second-order valence-corrected chi connectivity index (χ2v) is 8.31. The first kappa shape index (κ1) is 23.2. The second-order valence-electron chi connectivity index (χ2n) is 8.31. The Morgan fingerprint density at radius 1 is 0.903 bits per heavy atom. The van der Waals surface area contributed by atoms with Crippen molar-refractivity contribution in [2.24, 2.45) is 11.8 Å². The summed E-state index contributed by atoms with van der Waals surface area (Å²) in [7, 11) is 0. The van der Waals surface area contributed by atoms with E-state index < -0.39 is 29.2 Å². The minimum Gasteiger partial charge on any atom is -0.493 e. The van der Waals surface area contributed by atoms with E-state index in [4.69, 9.17) is 9.47 Å². The number of benzene rings is 2. The topological polar surface area (TPSA) is 35.5 Å². The van der Waals surface area contributed by atoms with Crippen LogP contribution in [0.4, 0.5) is 13.2 Å². The van der Waals surface area contributed by atoms with Crippen molar-refractivity contribution in [1.82, 2.24) is 0 Å². The van der Waals surface area contributed by atoms with Gasteiger partial charge in [-0.25, -0.2) is 18.0 Å². The maximum absolute atomic E-state index is 13.3. The molecule has 1 aliphatic rings. The van der Waals surface area contributed by atoms with E-state index in [1.807, 2.05) is 0 Å². The highest BCUT2D eigenvalue weighted by Crippen LogP contribution is 2.32. The van der Waals surface area contributed by atoms with Gasteiger partial charge in [-0.1, -0.05) is 45.4 Å². The number of esters is 1. The highest BCUT2D eigenvalue weighted by atomic mass is 19.2. The van der Waals surface area contributed by atoms with Crippen LogP contribution < -0.4 is 9.47 Å². The molecule has 0 aliphatic heterocycles. The number of carbonyl (C=O) groups excluding carboxylic acids is 1. The Balaban J connectivity index is 1.44. The Morgan fingerprint density at radius 3 is 2.13 bits per heavy atom. The summed E-state index contributed by atoms with van der Waals surface area (Å²) < 4.78 is 50.3. The molecule has 0 N–H and O–H groups in total. The molecule has 3 rings (SSSR count). The maximum Gasteiger partial charge on any atom is 0.343 e. The summed E-state index contributed by atoms with van der Waals surface area (Å²) in [6, 6.07) is 7.65. The van der Waals surface area contributed by atoms with Crippen molar-refractivity contribution < 1.29 is 27.4 Å². The van der Waals surface area contributed by atoms with E-state index in [1.165, 1.54) is 63.5 Å². The molecule has 6 heteroatoms. The van der Waals surface area contributed by atoms with Crippen LogP contribution in [-0.2, 0) is 0 Å². The zero-order valence-electron chi connectivity index (χ0n) is 17.8. The molecule has 168 valence electrons. The Morgan fingerprint density at radius 2 is 1.52 bits per heavy atom.